The topological polar surface area (TPSA) is 49.9 Å². The van der Waals surface area contributed by atoms with E-state index in [1.807, 2.05) is 11.8 Å². The van der Waals surface area contributed by atoms with E-state index in [1.165, 1.54) is 0 Å². The molecule has 5 nitrogen and oxygen atoms in total. The van der Waals surface area contributed by atoms with Crippen molar-refractivity contribution < 1.29 is 14.3 Å². The first-order chi connectivity index (χ1) is 9.65. The molecule has 2 heterocycles. The molecule has 0 aliphatic carbocycles. The van der Waals surface area contributed by atoms with Crippen molar-refractivity contribution in [1.29, 1.82) is 0 Å². The fourth-order valence-electron chi connectivity index (χ4n) is 2.70. The van der Waals surface area contributed by atoms with Crippen molar-refractivity contribution in [1.82, 2.24) is 9.80 Å². The second-order valence-electron chi connectivity index (χ2n) is 5.45. The maximum Gasteiger partial charge on any atom is 0.246 e. The largest absolute Gasteiger partial charge is 0.378 e. The lowest BCUT2D eigenvalue weighted by Gasteiger charge is -2.33. The van der Waals surface area contributed by atoms with Gasteiger partial charge in [-0.1, -0.05) is 20.3 Å². The third kappa shape index (κ3) is 3.47. The molecule has 0 spiro atoms. The quantitative estimate of drug-likeness (QED) is 0.782. The summed E-state index contributed by atoms with van der Waals surface area (Å²) in [4.78, 5) is 28.6. The predicted molar refractivity (Wildman–Crippen MR) is 79.4 cm³/mol. The lowest BCUT2D eigenvalue weighted by Crippen LogP contribution is -2.52. The highest BCUT2D eigenvalue weighted by molar-refractivity contribution is 7.99. The molecule has 0 bridgehead atoms. The molecule has 2 fully saturated rings. The van der Waals surface area contributed by atoms with Gasteiger partial charge in [-0.25, -0.2) is 0 Å². The molecule has 2 amide bonds. The average molecular weight is 300 g/mol. The summed E-state index contributed by atoms with van der Waals surface area (Å²) >= 11 is 1.67. The molecule has 2 aliphatic rings. The minimum atomic E-state index is -0.273. The fraction of sp³-hybridized carbons (Fsp3) is 0.857. The molecule has 0 radical (unpaired) electrons. The van der Waals surface area contributed by atoms with E-state index >= 15 is 0 Å². The number of amides is 2. The Balaban J connectivity index is 1.99. The maximum atomic E-state index is 12.6. The fourth-order valence-corrected chi connectivity index (χ4v) is 3.85. The SMILES string of the molecule is CCC[C@@H](C)C(=O)N1CSC[C@H]1C(=O)N1CCOCC1. The van der Waals surface area contributed by atoms with Crippen LogP contribution in [0, 0.1) is 5.92 Å². The Labute approximate surface area is 125 Å². The van der Waals surface area contributed by atoms with Crippen molar-refractivity contribution in [2.24, 2.45) is 5.92 Å². The molecule has 2 saturated heterocycles. The minimum Gasteiger partial charge on any atom is -0.378 e. The number of hydrogen-bond donors (Lipinski definition) is 0. The first-order valence-corrected chi connectivity index (χ1v) is 8.55. The van der Waals surface area contributed by atoms with E-state index in [1.54, 1.807) is 16.7 Å². The molecule has 2 aliphatic heterocycles. The van der Waals surface area contributed by atoms with E-state index in [-0.39, 0.29) is 23.8 Å². The molecule has 114 valence electrons. The Morgan fingerprint density at radius 2 is 2.05 bits per heavy atom. The van der Waals surface area contributed by atoms with Crippen LogP contribution in [0.1, 0.15) is 26.7 Å². The molecule has 0 aromatic rings. The second kappa shape index (κ2) is 7.31. The van der Waals surface area contributed by atoms with Crippen molar-refractivity contribution in [3.8, 4) is 0 Å². The highest BCUT2D eigenvalue weighted by atomic mass is 32.2. The van der Waals surface area contributed by atoms with E-state index < -0.39 is 0 Å². The third-order valence-electron chi connectivity index (χ3n) is 3.92. The number of carbonyl (C=O) groups excluding carboxylic acids is 2. The van der Waals surface area contributed by atoms with Gasteiger partial charge in [-0.15, -0.1) is 11.8 Å². The van der Waals surface area contributed by atoms with Crippen molar-refractivity contribution in [2.45, 2.75) is 32.7 Å². The number of morpholine rings is 1. The summed E-state index contributed by atoms with van der Waals surface area (Å²) in [6, 6.07) is -0.273. The zero-order valence-electron chi connectivity index (χ0n) is 12.3. The monoisotopic (exact) mass is 300 g/mol. The number of nitrogens with zero attached hydrogens (tertiary/aromatic N) is 2. The van der Waals surface area contributed by atoms with Gasteiger partial charge in [0.15, 0.2) is 0 Å². The maximum absolute atomic E-state index is 12.6. The Kier molecular flexibility index (Phi) is 5.72. The molecule has 2 atom stereocenters. The Morgan fingerprint density at radius 1 is 1.35 bits per heavy atom. The number of hydrogen-bond acceptors (Lipinski definition) is 4. The minimum absolute atomic E-state index is 0.0127. The summed E-state index contributed by atoms with van der Waals surface area (Å²) in [6.07, 6.45) is 1.88. The van der Waals surface area contributed by atoms with E-state index in [0.717, 1.165) is 18.6 Å². The Hall–Kier alpha value is -0.750. The van der Waals surface area contributed by atoms with Crippen LogP contribution in [0.4, 0.5) is 0 Å². The summed E-state index contributed by atoms with van der Waals surface area (Å²) in [5.74, 6) is 1.60. The van der Waals surface area contributed by atoms with Gasteiger partial charge in [0.1, 0.15) is 6.04 Å². The van der Waals surface area contributed by atoms with Crippen LogP contribution < -0.4 is 0 Å². The standard InChI is InChI=1S/C14H24N2O3S/c1-3-4-11(2)13(17)16-10-20-9-12(16)14(18)15-5-7-19-8-6-15/h11-12H,3-10H2,1-2H3/t11-,12+/m1/s1. The molecular weight excluding hydrogens is 276 g/mol. The molecule has 2 rings (SSSR count). The summed E-state index contributed by atoms with van der Waals surface area (Å²) < 4.78 is 5.28. The summed E-state index contributed by atoms with van der Waals surface area (Å²) in [5.41, 5.74) is 0. The van der Waals surface area contributed by atoms with Gasteiger partial charge in [0, 0.05) is 24.8 Å². The van der Waals surface area contributed by atoms with Crippen molar-refractivity contribution in [3.63, 3.8) is 0 Å². The van der Waals surface area contributed by atoms with Gasteiger partial charge in [-0.3, -0.25) is 9.59 Å². The van der Waals surface area contributed by atoms with Crippen LogP contribution in [-0.2, 0) is 14.3 Å². The zero-order valence-corrected chi connectivity index (χ0v) is 13.2. The van der Waals surface area contributed by atoms with Crippen LogP contribution >= 0.6 is 11.8 Å². The first kappa shape index (κ1) is 15.6. The Morgan fingerprint density at radius 3 is 2.70 bits per heavy atom. The van der Waals surface area contributed by atoms with Gasteiger partial charge >= 0.3 is 0 Å². The average Bonchev–Trinajstić information content (AvgIpc) is 2.96. The van der Waals surface area contributed by atoms with Crippen LogP contribution in [-0.4, -0.2) is 65.6 Å². The number of ether oxygens (including phenoxy) is 1. The van der Waals surface area contributed by atoms with Crippen LogP contribution in [0.2, 0.25) is 0 Å². The number of thioether (sulfide) groups is 1. The highest BCUT2D eigenvalue weighted by Gasteiger charge is 2.38. The summed E-state index contributed by atoms with van der Waals surface area (Å²) in [7, 11) is 0. The van der Waals surface area contributed by atoms with Crippen LogP contribution in [0.3, 0.4) is 0 Å². The molecule has 20 heavy (non-hydrogen) atoms. The smallest absolute Gasteiger partial charge is 0.246 e. The van der Waals surface area contributed by atoms with E-state index in [9.17, 15) is 9.59 Å². The molecule has 0 N–H and O–H groups in total. The van der Waals surface area contributed by atoms with Gasteiger partial charge in [0.2, 0.25) is 11.8 Å². The van der Waals surface area contributed by atoms with Gasteiger partial charge in [-0.05, 0) is 6.42 Å². The molecule has 0 aromatic carbocycles. The first-order valence-electron chi connectivity index (χ1n) is 7.40. The third-order valence-corrected chi connectivity index (χ3v) is 4.93. The normalized spacial score (nSPS) is 24.8. The molecule has 6 heteroatoms. The van der Waals surface area contributed by atoms with Crippen molar-refractivity contribution in [2.75, 3.05) is 37.9 Å². The van der Waals surface area contributed by atoms with Crippen LogP contribution in [0.15, 0.2) is 0 Å². The van der Waals surface area contributed by atoms with Gasteiger partial charge in [0.05, 0.1) is 19.1 Å². The molecule has 0 aromatic heterocycles. The Bertz CT molecular complexity index is 358. The molecule has 0 saturated carbocycles. The molecule has 0 unspecified atom stereocenters. The van der Waals surface area contributed by atoms with E-state index in [2.05, 4.69) is 6.92 Å². The lowest BCUT2D eigenvalue weighted by atomic mass is 10.0. The van der Waals surface area contributed by atoms with Gasteiger partial charge in [0.25, 0.3) is 0 Å². The lowest BCUT2D eigenvalue weighted by molar-refractivity contribution is -0.147. The van der Waals surface area contributed by atoms with Crippen molar-refractivity contribution >= 4 is 23.6 Å². The highest BCUT2D eigenvalue weighted by Crippen LogP contribution is 2.25. The van der Waals surface area contributed by atoms with E-state index in [0.29, 0.717) is 32.2 Å². The van der Waals surface area contributed by atoms with Gasteiger partial charge < -0.3 is 14.5 Å². The van der Waals surface area contributed by atoms with Gasteiger partial charge in [-0.2, -0.15) is 0 Å². The zero-order chi connectivity index (χ0) is 14.5. The summed E-state index contributed by atoms with van der Waals surface area (Å²) in [5, 5.41) is 0. The van der Waals surface area contributed by atoms with Crippen molar-refractivity contribution in [3.05, 3.63) is 0 Å². The van der Waals surface area contributed by atoms with E-state index in [4.69, 9.17) is 4.74 Å². The van der Waals surface area contributed by atoms with Crippen LogP contribution in [0.5, 0.6) is 0 Å². The molecular formula is C14H24N2O3S. The summed E-state index contributed by atoms with van der Waals surface area (Å²) in [6.45, 7) is 6.54. The predicted octanol–water partition coefficient (Wildman–Crippen LogP) is 1.18. The number of rotatable bonds is 4. The second-order valence-corrected chi connectivity index (χ2v) is 6.45. The number of carbonyl (C=O) groups is 2. The van der Waals surface area contributed by atoms with Crippen LogP contribution in [0.25, 0.3) is 0 Å².